The number of hydrogen-bond acceptors (Lipinski definition) is 5. The third kappa shape index (κ3) is 4.72. The van der Waals surface area contributed by atoms with Crippen LogP contribution in [0.4, 0.5) is 11.5 Å². The molecule has 3 aromatic rings. The highest BCUT2D eigenvalue weighted by Gasteiger charge is 2.45. The molecule has 0 aliphatic carbocycles. The van der Waals surface area contributed by atoms with E-state index in [2.05, 4.69) is 15.6 Å². The van der Waals surface area contributed by atoms with E-state index in [0.29, 0.717) is 13.0 Å². The predicted octanol–water partition coefficient (Wildman–Crippen LogP) is 3.02. The number of amides is 2. The fourth-order valence-electron chi connectivity index (χ4n) is 3.74. The van der Waals surface area contributed by atoms with Crippen molar-refractivity contribution >= 4 is 23.3 Å². The van der Waals surface area contributed by atoms with Gasteiger partial charge in [-0.2, -0.15) is 0 Å². The number of benzene rings is 2. The Kier molecular flexibility index (Phi) is 6.35. The highest BCUT2D eigenvalue weighted by Crippen LogP contribution is 2.25. The smallest absolute Gasteiger partial charge is 0.250 e. The van der Waals surface area contributed by atoms with Gasteiger partial charge < -0.3 is 20.3 Å². The van der Waals surface area contributed by atoms with Crippen LogP contribution in [0.2, 0.25) is 0 Å². The number of para-hydroxylation sites is 1. The van der Waals surface area contributed by atoms with E-state index in [1.807, 2.05) is 66.7 Å². The Morgan fingerprint density at radius 3 is 2.53 bits per heavy atom. The second kappa shape index (κ2) is 9.51. The van der Waals surface area contributed by atoms with Crippen LogP contribution in [0.1, 0.15) is 11.1 Å². The number of carbonyl (C=O) groups is 2. The first kappa shape index (κ1) is 21.4. The van der Waals surface area contributed by atoms with Crippen molar-refractivity contribution in [2.75, 3.05) is 24.4 Å². The summed E-state index contributed by atoms with van der Waals surface area (Å²) in [5, 5.41) is 6.07. The topological polar surface area (TPSA) is 83.6 Å². The number of methoxy groups -OCH3 is 1. The van der Waals surface area contributed by atoms with Crippen LogP contribution in [0.5, 0.6) is 5.75 Å². The van der Waals surface area contributed by atoms with Gasteiger partial charge in [-0.3, -0.25) is 9.59 Å². The fourth-order valence-corrected chi connectivity index (χ4v) is 3.74. The fraction of sp³-hybridized carbons (Fsp3) is 0.240. The van der Waals surface area contributed by atoms with Crippen LogP contribution in [0.25, 0.3) is 0 Å². The SMILES string of the molecule is COc1ccc(CNc2cc(C[C@H]3C(=O)N[C@@H]3C(=O)N(C)c3ccccc3)ccn2)cc1. The van der Waals surface area contributed by atoms with Gasteiger partial charge in [-0.05, 0) is 53.9 Å². The number of aromatic nitrogens is 1. The molecule has 0 saturated carbocycles. The molecule has 1 aromatic heterocycles. The first-order valence-electron chi connectivity index (χ1n) is 10.5. The summed E-state index contributed by atoms with van der Waals surface area (Å²) in [4.78, 5) is 31.1. The summed E-state index contributed by atoms with van der Waals surface area (Å²) in [5.74, 6) is 0.921. The third-order valence-corrected chi connectivity index (χ3v) is 5.69. The number of rotatable bonds is 8. The Bertz CT molecular complexity index is 1090. The standard InChI is InChI=1S/C25H26N4O3/c1-29(19-6-4-3-5-7-19)25(31)23-21(24(30)28-23)14-18-12-13-26-22(15-18)27-16-17-8-10-20(32-2)11-9-17/h3-13,15,21,23H,14,16H2,1-2H3,(H,26,27)(H,28,30)/t21-,23+/m1/s1. The molecule has 0 spiro atoms. The van der Waals surface area contributed by atoms with Gasteiger partial charge in [0.05, 0.1) is 13.0 Å². The summed E-state index contributed by atoms with van der Waals surface area (Å²) < 4.78 is 5.18. The molecular formula is C25H26N4O3. The molecule has 0 radical (unpaired) electrons. The zero-order valence-corrected chi connectivity index (χ0v) is 18.1. The molecule has 7 heteroatoms. The summed E-state index contributed by atoms with van der Waals surface area (Å²) in [7, 11) is 3.37. The molecule has 164 valence electrons. The zero-order chi connectivity index (χ0) is 22.5. The molecule has 1 aliphatic heterocycles. The van der Waals surface area contributed by atoms with Gasteiger partial charge in [0, 0.05) is 25.5 Å². The lowest BCUT2D eigenvalue weighted by molar-refractivity contribution is -0.142. The molecule has 2 aromatic carbocycles. The molecule has 4 rings (SSSR count). The van der Waals surface area contributed by atoms with Gasteiger partial charge in [-0.25, -0.2) is 4.98 Å². The van der Waals surface area contributed by atoms with Gasteiger partial charge in [0.2, 0.25) is 11.8 Å². The Morgan fingerprint density at radius 2 is 1.84 bits per heavy atom. The highest BCUT2D eigenvalue weighted by molar-refractivity contribution is 6.06. The largest absolute Gasteiger partial charge is 0.497 e. The molecule has 1 fully saturated rings. The number of ether oxygens (including phenoxy) is 1. The lowest BCUT2D eigenvalue weighted by Gasteiger charge is -2.38. The lowest BCUT2D eigenvalue weighted by atomic mass is 9.84. The van der Waals surface area contributed by atoms with Crippen LogP contribution in [0, 0.1) is 5.92 Å². The summed E-state index contributed by atoms with van der Waals surface area (Å²) in [6.07, 6.45) is 2.19. The van der Waals surface area contributed by atoms with Crippen LogP contribution in [-0.4, -0.2) is 37.0 Å². The Hall–Kier alpha value is -3.87. The third-order valence-electron chi connectivity index (χ3n) is 5.69. The van der Waals surface area contributed by atoms with Crippen LogP contribution < -0.4 is 20.3 Å². The van der Waals surface area contributed by atoms with Crippen molar-refractivity contribution in [1.29, 1.82) is 0 Å². The molecule has 1 aliphatic rings. The molecule has 2 N–H and O–H groups in total. The summed E-state index contributed by atoms with van der Waals surface area (Å²) in [6.45, 7) is 0.618. The van der Waals surface area contributed by atoms with Crippen LogP contribution in [0.3, 0.4) is 0 Å². The molecule has 2 amide bonds. The number of hydrogen-bond donors (Lipinski definition) is 2. The van der Waals surface area contributed by atoms with Crippen molar-refractivity contribution in [3.8, 4) is 5.75 Å². The Labute approximate surface area is 187 Å². The summed E-state index contributed by atoms with van der Waals surface area (Å²) >= 11 is 0. The molecule has 0 unspecified atom stereocenters. The van der Waals surface area contributed by atoms with E-state index >= 15 is 0 Å². The van der Waals surface area contributed by atoms with Crippen LogP contribution in [0.15, 0.2) is 72.9 Å². The first-order valence-corrected chi connectivity index (χ1v) is 10.5. The second-order valence-corrected chi connectivity index (χ2v) is 7.78. The maximum Gasteiger partial charge on any atom is 0.250 e. The van der Waals surface area contributed by atoms with E-state index in [1.165, 1.54) is 0 Å². The maximum absolute atomic E-state index is 12.9. The van der Waals surface area contributed by atoms with E-state index < -0.39 is 12.0 Å². The quantitative estimate of drug-likeness (QED) is 0.537. The van der Waals surface area contributed by atoms with E-state index in [9.17, 15) is 9.59 Å². The van der Waals surface area contributed by atoms with Crippen molar-refractivity contribution in [2.45, 2.75) is 19.0 Å². The van der Waals surface area contributed by atoms with Gasteiger partial charge in [-0.15, -0.1) is 0 Å². The van der Waals surface area contributed by atoms with Crippen LogP contribution in [-0.2, 0) is 22.6 Å². The van der Waals surface area contributed by atoms with Crippen molar-refractivity contribution < 1.29 is 14.3 Å². The molecule has 2 heterocycles. The van der Waals surface area contributed by atoms with Gasteiger partial charge in [0.25, 0.3) is 0 Å². The van der Waals surface area contributed by atoms with E-state index in [1.54, 1.807) is 25.3 Å². The average Bonchev–Trinajstić information content (AvgIpc) is 2.85. The van der Waals surface area contributed by atoms with Crippen molar-refractivity contribution in [1.82, 2.24) is 10.3 Å². The van der Waals surface area contributed by atoms with Gasteiger partial charge in [0.1, 0.15) is 17.6 Å². The van der Waals surface area contributed by atoms with E-state index in [0.717, 1.165) is 28.4 Å². The number of anilines is 2. The number of nitrogens with zero attached hydrogens (tertiary/aromatic N) is 2. The van der Waals surface area contributed by atoms with Gasteiger partial charge >= 0.3 is 0 Å². The summed E-state index contributed by atoms with van der Waals surface area (Å²) in [5.41, 5.74) is 2.86. The van der Waals surface area contributed by atoms with E-state index in [-0.39, 0.29) is 11.8 Å². The minimum atomic E-state index is -0.531. The minimum absolute atomic E-state index is 0.102. The van der Waals surface area contributed by atoms with Crippen molar-refractivity contribution in [3.63, 3.8) is 0 Å². The van der Waals surface area contributed by atoms with Gasteiger partial charge in [-0.1, -0.05) is 30.3 Å². The van der Waals surface area contributed by atoms with Crippen molar-refractivity contribution in [3.05, 3.63) is 84.1 Å². The molecule has 1 saturated heterocycles. The monoisotopic (exact) mass is 430 g/mol. The second-order valence-electron chi connectivity index (χ2n) is 7.78. The number of carbonyl (C=O) groups excluding carboxylic acids is 2. The Morgan fingerprint density at radius 1 is 1.09 bits per heavy atom. The molecule has 32 heavy (non-hydrogen) atoms. The predicted molar refractivity (Wildman–Crippen MR) is 124 cm³/mol. The number of β-lactam (4-membered cyclic amide) rings is 1. The number of likely N-dealkylation sites (N-methyl/N-ethyl adjacent to an activating group) is 1. The lowest BCUT2D eigenvalue weighted by Crippen LogP contribution is -2.65. The molecular weight excluding hydrogens is 404 g/mol. The molecule has 2 atom stereocenters. The first-order chi connectivity index (χ1) is 15.5. The molecule has 7 nitrogen and oxygen atoms in total. The molecule has 0 bridgehead atoms. The summed E-state index contributed by atoms with van der Waals surface area (Å²) in [6, 6.07) is 20.5. The average molecular weight is 431 g/mol. The minimum Gasteiger partial charge on any atom is -0.497 e. The normalized spacial score (nSPS) is 17.1. The maximum atomic E-state index is 12.9. The Balaban J connectivity index is 1.38. The van der Waals surface area contributed by atoms with Crippen molar-refractivity contribution in [2.24, 2.45) is 5.92 Å². The zero-order valence-electron chi connectivity index (χ0n) is 18.1. The number of pyridine rings is 1. The van der Waals surface area contributed by atoms with E-state index in [4.69, 9.17) is 4.74 Å². The number of nitrogens with one attached hydrogen (secondary N) is 2. The van der Waals surface area contributed by atoms with Crippen LogP contribution >= 0.6 is 0 Å². The van der Waals surface area contributed by atoms with Gasteiger partial charge in [0.15, 0.2) is 0 Å². The highest BCUT2D eigenvalue weighted by atomic mass is 16.5.